The Morgan fingerprint density at radius 3 is 1.28 bits per heavy atom. The third kappa shape index (κ3) is 15.1. The van der Waals surface area contributed by atoms with Crippen LogP contribution in [0.2, 0.25) is 20.1 Å². The van der Waals surface area contributed by atoms with E-state index in [9.17, 15) is 63.7 Å². The van der Waals surface area contributed by atoms with Gasteiger partial charge in [0.15, 0.2) is 27.7 Å². The van der Waals surface area contributed by atoms with Gasteiger partial charge in [-0.15, -0.1) is 10.2 Å². The van der Waals surface area contributed by atoms with Crippen molar-refractivity contribution >= 4 is 201 Å². The number of nitrogens with zero attached hydrogens (tertiary/aromatic N) is 19. The van der Waals surface area contributed by atoms with Gasteiger partial charge in [-0.1, -0.05) is 23.2 Å². The van der Waals surface area contributed by atoms with Crippen LogP contribution in [0.5, 0.6) is 0 Å². The predicted octanol–water partition coefficient (Wildman–Crippen LogP) is 7.91. The van der Waals surface area contributed by atoms with E-state index in [4.69, 9.17) is 46.4 Å². The second-order valence-corrected chi connectivity index (χ2v) is 22.8. The molecule has 2 N–H and O–H groups in total. The maximum atomic E-state index is 13.0. The maximum absolute atomic E-state index is 13.0. The average molecular weight is 1530 g/mol. The molecule has 0 amide bonds. The van der Waals surface area contributed by atoms with Crippen LogP contribution in [0.1, 0.15) is 13.8 Å². The Kier molecular flexibility index (Phi) is 20.9. The quantitative estimate of drug-likeness (QED) is 0.0938. The molecular formula is C45H24Cl4F3N21O10Se4. The van der Waals surface area contributed by atoms with Gasteiger partial charge in [-0.2, -0.15) is 20.6 Å². The number of hydrogen-bond donors (Lipinski definition) is 2. The first-order valence-electron chi connectivity index (χ1n) is 23.0. The summed E-state index contributed by atoms with van der Waals surface area (Å²) < 4.78 is 70.4. The van der Waals surface area contributed by atoms with Crippen LogP contribution in [0.4, 0.5) is 41.6 Å². The van der Waals surface area contributed by atoms with Crippen molar-refractivity contribution in [1.29, 1.82) is 0 Å². The van der Waals surface area contributed by atoms with E-state index in [1.165, 1.54) is 42.5 Å². The number of benzene rings is 7. The molecular weight excluding hydrogens is 1510 g/mol. The zero-order chi connectivity index (χ0) is 62.9. The van der Waals surface area contributed by atoms with Crippen molar-refractivity contribution in [3.05, 3.63) is 196 Å². The molecule has 0 radical (unpaired) electrons. The number of nitro benzene ring substituents is 5. The Morgan fingerprint density at radius 2 is 0.724 bits per heavy atom. The molecule has 0 aliphatic carbocycles. The predicted molar refractivity (Wildman–Crippen MR) is 310 cm³/mol. The zero-order valence-corrected chi connectivity index (χ0v) is 52.5. The number of aromatic amines is 2. The topological polar surface area (TPSA) is 427 Å². The number of aromatic nitrogens is 14. The summed E-state index contributed by atoms with van der Waals surface area (Å²) in [5.41, 5.74) is 2.82. The minimum atomic E-state index is -0.669. The number of hydrogen-bond acceptors (Lipinski definition) is 24. The molecule has 31 nitrogen and oxygen atoms in total. The zero-order valence-electron chi connectivity index (χ0n) is 42.6. The summed E-state index contributed by atoms with van der Waals surface area (Å²) >= 11 is 22.4. The molecule has 1 aliphatic heterocycles. The number of rotatable bonds is 5. The van der Waals surface area contributed by atoms with E-state index in [1.54, 1.807) is 26.0 Å². The van der Waals surface area contributed by atoms with Crippen LogP contribution in [0.3, 0.4) is 0 Å². The summed E-state index contributed by atoms with van der Waals surface area (Å²) in [5, 5.41) is 73.9. The first kappa shape index (κ1) is 64.4. The fourth-order valence-corrected chi connectivity index (χ4v) is 12.7. The van der Waals surface area contributed by atoms with E-state index in [0.717, 1.165) is 35.3 Å². The van der Waals surface area contributed by atoms with Crippen molar-refractivity contribution in [2.45, 2.75) is 19.5 Å². The van der Waals surface area contributed by atoms with Crippen LogP contribution < -0.4 is 10.7 Å². The van der Waals surface area contributed by atoms with Gasteiger partial charge in [0.2, 0.25) is 0 Å². The van der Waals surface area contributed by atoms with Crippen molar-refractivity contribution < 1.29 is 37.8 Å². The summed E-state index contributed by atoms with van der Waals surface area (Å²) in [7, 11) is 0. The van der Waals surface area contributed by atoms with E-state index in [0.29, 0.717) is 53.0 Å². The number of nitrogens with one attached hydrogen (secondary N) is 2. The molecule has 0 bridgehead atoms. The third-order valence-corrected chi connectivity index (χ3v) is 16.5. The van der Waals surface area contributed by atoms with Crippen LogP contribution in [0.15, 0.2) is 107 Å². The van der Waals surface area contributed by atoms with E-state index in [-0.39, 0.29) is 112 Å². The molecule has 42 heteroatoms. The molecule has 0 spiro atoms. The Morgan fingerprint density at radius 1 is 0.368 bits per heavy atom. The Labute approximate surface area is 522 Å². The summed E-state index contributed by atoms with van der Waals surface area (Å²) in [4.78, 5) is 58.4. The number of halogens is 7. The van der Waals surface area contributed by atoms with Crippen molar-refractivity contribution in [2.75, 3.05) is 0 Å². The van der Waals surface area contributed by atoms with Crippen LogP contribution in [-0.4, -0.2) is 153 Å². The first-order valence-corrected chi connectivity index (χ1v) is 30.6. The molecule has 442 valence electrons. The average Bonchev–Trinajstić information content (AvgIpc) is 3.12. The molecule has 14 rings (SSSR count). The Balaban J connectivity index is 0.000000132. The molecule has 13 aromatic rings. The minimum absolute atomic E-state index is 0.0224. The molecule has 6 aromatic heterocycles. The number of H-pyrrole nitrogens is 2. The van der Waals surface area contributed by atoms with E-state index in [1.807, 2.05) is 18.2 Å². The fraction of sp³-hybridized carbons (Fsp3) is 0.0667. The molecule has 0 unspecified atom stereocenters. The van der Waals surface area contributed by atoms with Gasteiger partial charge in [-0.25, -0.2) is 9.38 Å². The van der Waals surface area contributed by atoms with E-state index < -0.39 is 56.9 Å². The number of nitro groups is 5. The summed E-state index contributed by atoms with van der Waals surface area (Å²) in [6.45, 7) is 3.54. The van der Waals surface area contributed by atoms with E-state index >= 15 is 0 Å². The van der Waals surface area contributed by atoms with Crippen LogP contribution in [0.25, 0.3) is 66.2 Å². The summed E-state index contributed by atoms with van der Waals surface area (Å²) in [6.07, 6.45) is 0. The van der Waals surface area contributed by atoms with Gasteiger partial charge in [0.25, 0.3) is 17.1 Å². The van der Waals surface area contributed by atoms with Gasteiger partial charge in [0, 0.05) is 18.2 Å². The van der Waals surface area contributed by atoms with Gasteiger partial charge in [0.05, 0.1) is 24.8 Å². The van der Waals surface area contributed by atoms with Crippen molar-refractivity contribution in [3.8, 4) is 0 Å². The Bertz CT molecular complexity index is 4490. The molecule has 0 atom stereocenters. The first-order chi connectivity index (χ1) is 41.5. The van der Waals surface area contributed by atoms with E-state index in [2.05, 4.69) is 72.6 Å². The van der Waals surface area contributed by atoms with Crippen molar-refractivity contribution in [1.82, 2.24) is 62.7 Å². The molecule has 87 heavy (non-hydrogen) atoms. The fourth-order valence-electron chi connectivity index (χ4n) is 7.03. The van der Waals surface area contributed by atoms with Gasteiger partial charge in [0.1, 0.15) is 16.5 Å². The molecule has 0 fully saturated rings. The van der Waals surface area contributed by atoms with Gasteiger partial charge >= 0.3 is 292 Å². The molecule has 7 aromatic carbocycles. The molecule has 7 heterocycles. The number of fused-ring (bicyclic) bond motifs is 7. The molecule has 0 saturated heterocycles. The molecule has 1 aliphatic rings. The second kappa shape index (κ2) is 28.3. The van der Waals surface area contributed by atoms with Gasteiger partial charge in [-0.05, 0) is 32.0 Å². The monoisotopic (exact) mass is 1530 g/mol. The number of non-ortho nitro benzene ring substituents is 5. The summed E-state index contributed by atoms with van der Waals surface area (Å²) in [6, 6.07) is 23.0. The van der Waals surface area contributed by atoms with Crippen LogP contribution >= 0.6 is 46.4 Å². The SMILES string of the molecule is CC1(C)N=c2c(Cl)ccc([N+](=O)[O-])c2=N1.Clc1cccc2n[se]nc12.Fc1cccc2n[se]nc12.O=[N+]([O-])c1ccc(Cl)c2n[nH]nc12.O=[N+]([O-])c1ccc(Cl)c2n[se]nc12.O=[N+]([O-])c1ccc(F)c2n[nH]nc12.O=[N+]([O-])c1ccc(F)c2n[se]nc12. The standard InChI is InChI=1S/C9H8ClN3O2.C6H3ClN4O2.C6H2ClN3O2Se.C6H3ClN2Se.C6H3FN4O2.C6H2FN3O2Se.C6H3FN2Se/c1-9(2)11-7-5(10)3-4-6(13(14)15)8(7)12-9;7-3-1-2-4(11(12)13)6-5(3)8-10-9-6;7-3-1-2-4(10(11)12)6-5(3)8-13-9-6;7-4-2-1-3-5-6(4)9-10-8-5;7-3-1-2-4(11(12)13)6-5(3)8-10-9-6;7-3-1-2-4(10(11)12)6-5(3)8-13-9-6;7-4-2-1-3-5-6(4)9-10-8-5/h3-4H,1-2H3;1-2H,(H,8,9,10);1-2H;1-3H;1-2H,(H,8,9,10);1-2H;1-3H. The second-order valence-electron chi connectivity index (χ2n) is 16.7. The van der Waals surface area contributed by atoms with Gasteiger partial charge in [-0.3, -0.25) is 35.3 Å². The normalized spacial score (nSPS) is 11.6. The van der Waals surface area contributed by atoms with Crippen molar-refractivity contribution in [2.24, 2.45) is 9.98 Å². The third-order valence-electron chi connectivity index (χ3n) is 10.8. The van der Waals surface area contributed by atoms with Crippen molar-refractivity contribution in [3.63, 3.8) is 0 Å². The van der Waals surface area contributed by atoms with Crippen LogP contribution in [-0.2, 0) is 0 Å². The molecule has 0 saturated carbocycles. The van der Waals surface area contributed by atoms with Gasteiger partial charge < -0.3 is 0 Å². The summed E-state index contributed by atoms with van der Waals surface area (Å²) in [5.74, 6) is -1.45. The Hall–Kier alpha value is -8.63. The van der Waals surface area contributed by atoms with Crippen LogP contribution in [0, 0.1) is 68.0 Å².